The second kappa shape index (κ2) is 4.10. The van der Waals surface area contributed by atoms with Crippen LogP contribution < -0.4 is 0 Å². The monoisotopic (exact) mass is 263 g/mol. The third-order valence-corrected chi connectivity index (χ3v) is 5.37. The molecule has 0 bridgehead atoms. The Bertz CT molecular complexity index is 618. The lowest BCUT2D eigenvalue weighted by Gasteiger charge is -2.35. The van der Waals surface area contributed by atoms with E-state index in [2.05, 4.69) is 20.8 Å². The van der Waals surface area contributed by atoms with Gasteiger partial charge >= 0.3 is 0 Å². The van der Waals surface area contributed by atoms with Gasteiger partial charge in [-0.25, -0.2) is 8.42 Å². The first-order valence-corrected chi connectivity index (χ1v) is 7.68. The van der Waals surface area contributed by atoms with Crippen molar-refractivity contribution in [1.29, 1.82) is 5.26 Å². The van der Waals surface area contributed by atoms with Gasteiger partial charge in [0.05, 0.1) is 22.3 Å². The Kier molecular flexibility index (Phi) is 2.98. The van der Waals surface area contributed by atoms with Crippen LogP contribution in [-0.4, -0.2) is 14.2 Å². The van der Waals surface area contributed by atoms with E-state index >= 15 is 0 Å². The van der Waals surface area contributed by atoms with Gasteiger partial charge in [0.1, 0.15) is 0 Å². The summed E-state index contributed by atoms with van der Waals surface area (Å²) in [6.07, 6.45) is 0.657. The number of nitriles is 1. The number of fused-ring (bicyclic) bond motifs is 1. The van der Waals surface area contributed by atoms with Crippen molar-refractivity contribution in [3.8, 4) is 6.07 Å². The van der Waals surface area contributed by atoms with Crippen molar-refractivity contribution in [2.75, 3.05) is 5.75 Å². The molecule has 1 aliphatic heterocycles. The average Bonchev–Trinajstić information content (AvgIpc) is 2.27. The molecule has 1 atom stereocenters. The lowest BCUT2D eigenvalue weighted by atomic mass is 9.74. The van der Waals surface area contributed by atoms with Crippen LogP contribution in [0.4, 0.5) is 0 Å². The number of hydrogen-bond acceptors (Lipinski definition) is 3. The van der Waals surface area contributed by atoms with Crippen molar-refractivity contribution in [1.82, 2.24) is 0 Å². The molecular formula is C14H17NO2S. The first-order valence-electron chi connectivity index (χ1n) is 6.02. The minimum absolute atomic E-state index is 0.0266. The standard InChI is InChI=1S/C14H17NO2S/c1-14(2,3)12-6-7-18(16,17)13-8-10(9-15)4-5-11(12)13/h4-5,8,12H,6-7H2,1-3H3. The highest BCUT2D eigenvalue weighted by Gasteiger charge is 2.36. The molecule has 0 aliphatic carbocycles. The van der Waals surface area contributed by atoms with Crippen LogP contribution >= 0.6 is 0 Å². The smallest absolute Gasteiger partial charge is 0.178 e. The molecule has 4 heteroatoms. The molecule has 0 spiro atoms. The molecule has 0 amide bonds. The van der Waals surface area contributed by atoms with Gasteiger partial charge in [-0.1, -0.05) is 26.8 Å². The number of benzene rings is 1. The molecule has 1 unspecified atom stereocenters. The fourth-order valence-corrected chi connectivity index (χ4v) is 4.24. The van der Waals surface area contributed by atoms with Crippen LogP contribution in [0.1, 0.15) is 44.2 Å². The van der Waals surface area contributed by atoms with Gasteiger partial charge in [0.25, 0.3) is 0 Å². The molecule has 0 radical (unpaired) electrons. The molecular weight excluding hydrogens is 246 g/mol. The minimum atomic E-state index is -3.22. The van der Waals surface area contributed by atoms with Crippen molar-refractivity contribution < 1.29 is 8.42 Å². The fourth-order valence-electron chi connectivity index (χ4n) is 2.60. The summed E-state index contributed by atoms with van der Waals surface area (Å²) in [5, 5.41) is 8.89. The third-order valence-electron chi connectivity index (χ3n) is 3.57. The van der Waals surface area contributed by atoms with E-state index in [1.165, 1.54) is 6.07 Å². The maximum Gasteiger partial charge on any atom is 0.178 e. The van der Waals surface area contributed by atoms with E-state index in [-0.39, 0.29) is 17.1 Å². The van der Waals surface area contributed by atoms with Crippen molar-refractivity contribution >= 4 is 9.84 Å². The summed E-state index contributed by atoms with van der Waals surface area (Å²) < 4.78 is 24.2. The molecule has 1 heterocycles. The zero-order chi connectivity index (χ0) is 13.6. The highest BCUT2D eigenvalue weighted by molar-refractivity contribution is 7.91. The van der Waals surface area contributed by atoms with Gasteiger partial charge in [-0.05, 0) is 35.4 Å². The van der Waals surface area contributed by atoms with Crippen LogP contribution in [0.5, 0.6) is 0 Å². The molecule has 0 saturated carbocycles. The fraction of sp³-hybridized carbons (Fsp3) is 0.500. The number of sulfone groups is 1. The summed E-state index contributed by atoms with van der Waals surface area (Å²) in [7, 11) is -3.22. The van der Waals surface area contributed by atoms with Gasteiger partial charge in [-0.3, -0.25) is 0 Å². The van der Waals surface area contributed by atoms with Crippen LogP contribution in [0.25, 0.3) is 0 Å². The summed E-state index contributed by atoms with van der Waals surface area (Å²) in [4.78, 5) is 0.354. The molecule has 0 saturated heterocycles. The summed E-state index contributed by atoms with van der Waals surface area (Å²) >= 11 is 0. The number of rotatable bonds is 0. The zero-order valence-corrected chi connectivity index (χ0v) is 11.7. The van der Waals surface area contributed by atoms with Crippen LogP contribution in [0.15, 0.2) is 23.1 Å². The first kappa shape index (κ1) is 13.1. The Morgan fingerprint density at radius 1 is 1.33 bits per heavy atom. The van der Waals surface area contributed by atoms with Crippen LogP contribution in [0, 0.1) is 16.7 Å². The van der Waals surface area contributed by atoms with Crippen molar-refractivity contribution in [2.24, 2.45) is 5.41 Å². The summed E-state index contributed by atoms with van der Waals surface area (Å²) in [6.45, 7) is 6.37. The normalized spacial score (nSPS) is 22.0. The first-order chi connectivity index (χ1) is 8.25. The van der Waals surface area contributed by atoms with Crippen molar-refractivity contribution in [3.05, 3.63) is 29.3 Å². The maximum atomic E-state index is 12.1. The number of hydrogen-bond donors (Lipinski definition) is 0. The van der Waals surface area contributed by atoms with Gasteiger partial charge in [0.15, 0.2) is 9.84 Å². The Hall–Kier alpha value is -1.34. The van der Waals surface area contributed by atoms with E-state index in [9.17, 15) is 8.42 Å². The van der Waals surface area contributed by atoms with Gasteiger partial charge < -0.3 is 0 Å². The van der Waals surface area contributed by atoms with E-state index in [4.69, 9.17) is 5.26 Å². The van der Waals surface area contributed by atoms with E-state index in [1.807, 2.05) is 6.07 Å². The highest BCUT2D eigenvalue weighted by Crippen LogP contribution is 2.44. The minimum Gasteiger partial charge on any atom is -0.224 e. The molecule has 1 aromatic carbocycles. The molecule has 1 aliphatic rings. The highest BCUT2D eigenvalue weighted by atomic mass is 32.2. The second-order valence-electron chi connectivity index (χ2n) is 5.89. The third kappa shape index (κ3) is 2.15. The van der Waals surface area contributed by atoms with E-state index in [1.54, 1.807) is 12.1 Å². The molecule has 96 valence electrons. The van der Waals surface area contributed by atoms with Gasteiger partial charge in [-0.2, -0.15) is 5.26 Å². The van der Waals surface area contributed by atoms with Crippen molar-refractivity contribution in [3.63, 3.8) is 0 Å². The quantitative estimate of drug-likeness (QED) is 0.723. The summed E-state index contributed by atoms with van der Waals surface area (Å²) in [6, 6.07) is 7.03. The molecule has 3 nitrogen and oxygen atoms in total. The average molecular weight is 263 g/mol. The molecule has 18 heavy (non-hydrogen) atoms. The Morgan fingerprint density at radius 3 is 2.56 bits per heavy atom. The Balaban J connectivity index is 2.67. The molecule has 2 rings (SSSR count). The maximum absolute atomic E-state index is 12.1. The van der Waals surface area contributed by atoms with Crippen LogP contribution in [0.2, 0.25) is 0 Å². The summed E-state index contributed by atoms with van der Waals surface area (Å²) in [5.41, 5.74) is 1.30. The predicted octanol–water partition coefficient (Wildman–Crippen LogP) is 2.87. The van der Waals surface area contributed by atoms with Gasteiger partial charge in [0, 0.05) is 0 Å². The topological polar surface area (TPSA) is 57.9 Å². The van der Waals surface area contributed by atoms with Gasteiger partial charge in [-0.15, -0.1) is 0 Å². The Morgan fingerprint density at radius 2 is 2.00 bits per heavy atom. The lowest BCUT2D eigenvalue weighted by molar-refractivity contribution is 0.305. The summed E-state index contributed by atoms with van der Waals surface area (Å²) in [5.74, 6) is 0.403. The second-order valence-corrected chi connectivity index (χ2v) is 7.97. The largest absolute Gasteiger partial charge is 0.224 e. The zero-order valence-electron chi connectivity index (χ0n) is 10.9. The Labute approximate surface area is 108 Å². The van der Waals surface area contributed by atoms with Crippen LogP contribution in [0.3, 0.4) is 0 Å². The van der Waals surface area contributed by atoms with Gasteiger partial charge in [0.2, 0.25) is 0 Å². The van der Waals surface area contributed by atoms with Crippen molar-refractivity contribution in [2.45, 2.75) is 38.0 Å². The van der Waals surface area contributed by atoms with E-state index < -0.39 is 9.84 Å². The molecule has 0 aromatic heterocycles. The molecule has 0 N–H and O–H groups in total. The SMILES string of the molecule is CC(C)(C)C1CCS(=O)(=O)c2cc(C#N)ccc21. The molecule has 0 fully saturated rings. The van der Waals surface area contributed by atoms with Crippen LogP contribution in [-0.2, 0) is 9.84 Å². The molecule has 1 aromatic rings. The van der Waals surface area contributed by atoms with E-state index in [0.29, 0.717) is 16.9 Å². The predicted molar refractivity (Wildman–Crippen MR) is 70.0 cm³/mol. The number of nitrogens with zero attached hydrogens (tertiary/aromatic N) is 1. The van der Waals surface area contributed by atoms with E-state index in [0.717, 1.165) is 5.56 Å². The lowest BCUT2D eigenvalue weighted by Crippen LogP contribution is -2.28.